The van der Waals surface area contributed by atoms with Gasteiger partial charge in [0.25, 0.3) is 5.22 Å². The van der Waals surface area contributed by atoms with Crippen LogP contribution in [-0.4, -0.2) is 39.3 Å². The molecule has 0 atom stereocenters. The van der Waals surface area contributed by atoms with Gasteiger partial charge in [-0.05, 0) is 50.6 Å². The van der Waals surface area contributed by atoms with Crippen LogP contribution in [-0.2, 0) is 4.74 Å². The third-order valence-corrected chi connectivity index (χ3v) is 5.37. The number of aryl methyl sites for hydroxylation is 1. The fourth-order valence-corrected chi connectivity index (χ4v) is 3.65. The van der Waals surface area contributed by atoms with Crippen LogP contribution in [0.25, 0.3) is 11.5 Å². The van der Waals surface area contributed by atoms with Crippen LogP contribution in [0.2, 0.25) is 0 Å². The van der Waals surface area contributed by atoms with E-state index in [4.69, 9.17) is 9.15 Å². The molecule has 2 heterocycles. The van der Waals surface area contributed by atoms with Crippen LogP contribution >= 0.6 is 27.7 Å². The third-order valence-electron chi connectivity index (χ3n) is 4.02. The Bertz CT molecular complexity index is 1010. The van der Waals surface area contributed by atoms with Gasteiger partial charge < -0.3 is 14.1 Å². The summed E-state index contributed by atoms with van der Waals surface area (Å²) in [6.45, 7) is 5.49. The Morgan fingerprint density at radius 1 is 1.21 bits per heavy atom. The van der Waals surface area contributed by atoms with Crippen molar-refractivity contribution in [1.82, 2.24) is 15.2 Å². The second kappa shape index (κ2) is 8.74. The number of thioether (sulfide) groups is 1. The van der Waals surface area contributed by atoms with E-state index < -0.39 is 5.97 Å². The summed E-state index contributed by atoms with van der Waals surface area (Å²) in [4.78, 5) is 27.6. The van der Waals surface area contributed by atoms with Gasteiger partial charge in [0.1, 0.15) is 5.69 Å². The number of hydrogen-bond donors (Lipinski definition) is 1. The lowest BCUT2D eigenvalue weighted by Crippen LogP contribution is -2.08. The van der Waals surface area contributed by atoms with Crippen molar-refractivity contribution < 1.29 is 18.7 Å². The molecule has 7 nitrogen and oxygen atoms in total. The van der Waals surface area contributed by atoms with E-state index in [1.165, 1.54) is 0 Å². The number of aromatic amines is 1. The van der Waals surface area contributed by atoms with Crippen molar-refractivity contribution in [2.75, 3.05) is 12.4 Å². The number of H-pyrrole nitrogens is 1. The third kappa shape index (κ3) is 4.36. The zero-order valence-electron chi connectivity index (χ0n) is 15.5. The predicted octanol–water partition coefficient (Wildman–Crippen LogP) is 4.60. The SMILES string of the molecule is CCOC(=O)c1[nH]c(C)c(C(=O)CSc2nnc(-c3ccc(Br)cc3)o2)c1C. The molecule has 3 aromatic rings. The molecule has 0 radical (unpaired) electrons. The van der Waals surface area contributed by atoms with Gasteiger partial charge in [-0.1, -0.05) is 27.7 Å². The average molecular weight is 464 g/mol. The number of rotatable bonds is 7. The number of carbonyl (C=O) groups excluding carboxylic acids is 2. The maximum Gasteiger partial charge on any atom is 0.355 e. The molecule has 3 rings (SSSR count). The fourth-order valence-electron chi connectivity index (χ4n) is 2.75. The van der Waals surface area contributed by atoms with Crippen molar-refractivity contribution >= 4 is 39.4 Å². The summed E-state index contributed by atoms with van der Waals surface area (Å²) in [5.41, 5.74) is 2.81. The summed E-state index contributed by atoms with van der Waals surface area (Å²) in [5, 5.41) is 8.31. The van der Waals surface area contributed by atoms with Crippen LogP contribution in [0.4, 0.5) is 0 Å². The van der Waals surface area contributed by atoms with E-state index in [9.17, 15) is 9.59 Å². The van der Waals surface area contributed by atoms with Crippen molar-refractivity contribution in [3.8, 4) is 11.5 Å². The summed E-state index contributed by atoms with van der Waals surface area (Å²) < 4.78 is 11.6. The van der Waals surface area contributed by atoms with E-state index in [1.54, 1.807) is 20.8 Å². The monoisotopic (exact) mass is 463 g/mol. The van der Waals surface area contributed by atoms with Gasteiger partial charge in [0.15, 0.2) is 5.78 Å². The number of carbonyl (C=O) groups is 2. The summed E-state index contributed by atoms with van der Waals surface area (Å²) >= 11 is 4.54. The highest BCUT2D eigenvalue weighted by atomic mass is 79.9. The maximum atomic E-state index is 12.7. The largest absolute Gasteiger partial charge is 0.461 e. The molecule has 0 aliphatic carbocycles. The summed E-state index contributed by atoms with van der Waals surface area (Å²) in [6, 6.07) is 7.49. The minimum Gasteiger partial charge on any atom is -0.461 e. The van der Waals surface area contributed by atoms with E-state index in [1.807, 2.05) is 24.3 Å². The smallest absolute Gasteiger partial charge is 0.355 e. The number of ether oxygens (including phenoxy) is 1. The van der Waals surface area contributed by atoms with Crippen LogP contribution in [0, 0.1) is 13.8 Å². The quantitative estimate of drug-likeness (QED) is 0.310. The van der Waals surface area contributed by atoms with Crippen molar-refractivity contribution in [3.05, 3.63) is 51.3 Å². The van der Waals surface area contributed by atoms with E-state index in [0.717, 1.165) is 21.8 Å². The van der Waals surface area contributed by atoms with Crippen molar-refractivity contribution in [3.63, 3.8) is 0 Å². The predicted molar refractivity (Wildman–Crippen MR) is 109 cm³/mol. The molecule has 0 saturated carbocycles. The van der Waals surface area contributed by atoms with E-state index in [-0.39, 0.29) is 18.1 Å². The van der Waals surface area contributed by atoms with Gasteiger partial charge in [-0.25, -0.2) is 4.79 Å². The second-order valence-electron chi connectivity index (χ2n) is 5.94. The number of ketones is 1. The highest BCUT2D eigenvalue weighted by molar-refractivity contribution is 9.10. The second-order valence-corrected chi connectivity index (χ2v) is 7.78. The number of nitrogens with zero attached hydrogens (tertiary/aromatic N) is 2. The number of hydrogen-bond acceptors (Lipinski definition) is 7. The first kappa shape index (κ1) is 20.3. The Labute approximate surface area is 174 Å². The Hall–Kier alpha value is -2.39. The van der Waals surface area contributed by atoms with E-state index >= 15 is 0 Å². The zero-order chi connectivity index (χ0) is 20.3. The minimum absolute atomic E-state index is 0.115. The molecule has 0 aliphatic heterocycles. The lowest BCUT2D eigenvalue weighted by atomic mass is 10.1. The first-order valence-electron chi connectivity index (χ1n) is 8.52. The van der Waals surface area contributed by atoms with Crippen LogP contribution in [0.1, 0.15) is 39.0 Å². The first-order chi connectivity index (χ1) is 13.4. The molecule has 0 spiro atoms. The Morgan fingerprint density at radius 3 is 2.61 bits per heavy atom. The average Bonchev–Trinajstić information content (AvgIpc) is 3.25. The topological polar surface area (TPSA) is 98.1 Å². The van der Waals surface area contributed by atoms with Crippen molar-refractivity contribution in [2.45, 2.75) is 26.0 Å². The standard InChI is InChI=1S/C19H18BrN3O4S/c1-4-26-18(25)16-10(2)15(11(3)21-16)14(24)9-28-19-23-22-17(27-19)12-5-7-13(20)8-6-12/h5-8,21H,4,9H2,1-3H3. The Balaban J connectivity index is 1.70. The van der Waals surface area contributed by atoms with Crippen LogP contribution in [0.15, 0.2) is 38.4 Å². The lowest BCUT2D eigenvalue weighted by Gasteiger charge is -2.02. The summed E-state index contributed by atoms with van der Waals surface area (Å²) in [7, 11) is 0. The molecule has 0 unspecified atom stereocenters. The molecule has 146 valence electrons. The van der Waals surface area contributed by atoms with Gasteiger partial charge in [0.05, 0.1) is 12.4 Å². The van der Waals surface area contributed by atoms with E-state index in [0.29, 0.717) is 33.6 Å². The van der Waals surface area contributed by atoms with Gasteiger partial charge in [-0.2, -0.15) is 0 Å². The number of halogens is 1. The maximum absolute atomic E-state index is 12.7. The highest BCUT2D eigenvalue weighted by Gasteiger charge is 2.23. The Kier molecular flexibility index (Phi) is 6.35. The highest BCUT2D eigenvalue weighted by Crippen LogP contribution is 2.26. The van der Waals surface area contributed by atoms with Crippen molar-refractivity contribution in [2.24, 2.45) is 0 Å². The summed E-state index contributed by atoms with van der Waals surface area (Å²) in [5.74, 6) is -0.0916. The Morgan fingerprint density at radius 2 is 1.93 bits per heavy atom. The lowest BCUT2D eigenvalue weighted by molar-refractivity contribution is 0.0519. The van der Waals surface area contributed by atoms with Gasteiger partial charge in [0, 0.05) is 21.3 Å². The number of nitrogens with one attached hydrogen (secondary N) is 1. The molecule has 28 heavy (non-hydrogen) atoms. The molecule has 2 aromatic heterocycles. The molecule has 0 fully saturated rings. The van der Waals surface area contributed by atoms with Crippen LogP contribution in [0.5, 0.6) is 0 Å². The number of aromatic nitrogens is 3. The van der Waals surface area contributed by atoms with Gasteiger partial charge in [-0.3, -0.25) is 4.79 Å². The van der Waals surface area contributed by atoms with Crippen molar-refractivity contribution in [1.29, 1.82) is 0 Å². The first-order valence-corrected chi connectivity index (χ1v) is 10.3. The normalized spacial score (nSPS) is 10.9. The van der Waals surface area contributed by atoms with Gasteiger partial charge in [0.2, 0.25) is 5.89 Å². The molecule has 1 N–H and O–H groups in total. The molecule has 0 amide bonds. The summed E-state index contributed by atoms with van der Waals surface area (Å²) in [6.07, 6.45) is 0. The molecule has 0 bridgehead atoms. The number of benzene rings is 1. The molecule has 0 saturated heterocycles. The zero-order valence-corrected chi connectivity index (χ0v) is 17.9. The molecule has 9 heteroatoms. The molecular weight excluding hydrogens is 446 g/mol. The minimum atomic E-state index is -0.467. The number of esters is 1. The molecule has 0 aliphatic rings. The van der Waals surface area contributed by atoms with Gasteiger partial charge in [-0.15, -0.1) is 10.2 Å². The molecule has 1 aromatic carbocycles. The van der Waals surface area contributed by atoms with Crippen LogP contribution in [0.3, 0.4) is 0 Å². The van der Waals surface area contributed by atoms with E-state index in [2.05, 4.69) is 31.1 Å². The van der Waals surface area contributed by atoms with Gasteiger partial charge >= 0.3 is 5.97 Å². The fraction of sp³-hybridized carbons (Fsp3) is 0.263. The number of Topliss-reactive ketones (excluding diaryl/α,β-unsaturated/α-hetero) is 1. The van der Waals surface area contributed by atoms with Crippen LogP contribution < -0.4 is 0 Å². The molecular formula is C19H18BrN3O4S.